The van der Waals surface area contributed by atoms with Crippen LogP contribution in [0.3, 0.4) is 0 Å². The first-order valence-electron chi connectivity index (χ1n) is 9.86. The Hall–Kier alpha value is -2.53. The number of amides is 1. The lowest BCUT2D eigenvalue weighted by molar-refractivity contribution is 0.0773. The molecule has 3 heterocycles. The van der Waals surface area contributed by atoms with Gasteiger partial charge < -0.3 is 14.2 Å². The largest absolute Gasteiger partial charge is 0.481 e. The number of hydrogen-bond donors (Lipinski definition) is 1. The number of methoxy groups -OCH3 is 1. The SMILES string of the molecule is CCS(=O)(=O)N[C@@H]1C[C@H]2CN(C(=O)c3ccc(OC)nc3)C[C@@]2(c2nc(C)no2)C1. The third-order valence-corrected chi connectivity index (χ3v) is 7.49. The Labute approximate surface area is 175 Å². The van der Waals surface area contributed by atoms with Crippen LogP contribution in [0, 0.1) is 12.8 Å². The Morgan fingerprint density at radius 1 is 1.43 bits per heavy atom. The number of nitrogens with zero attached hydrogens (tertiary/aromatic N) is 4. The van der Waals surface area contributed by atoms with Gasteiger partial charge in [-0.1, -0.05) is 5.16 Å². The van der Waals surface area contributed by atoms with Crippen LogP contribution in [0.1, 0.15) is 41.8 Å². The fraction of sp³-hybridized carbons (Fsp3) is 0.579. The lowest BCUT2D eigenvalue weighted by Gasteiger charge is -2.25. The predicted octanol–water partition coefficient (Wildman–Crippen LogP) is 0.893. The summed E-state index contributed by atoms with van der Waals surface area (Å²) in [5, 5.41) is 3.93. The van der Waals surface area contributed by atoms with Crippen LogP contribution < -0.4 is 9.46 Å². The van der Waals surface area contributed by atoms with Crippen LogP contribution >= 0.6 is 0 Å². The number of carbonyl (C=O) groups excluding carboxylic acids is 1. The van der Waals surface area contributed by atoms with E-state index in [0.717, 1.165) is 0 Å². The van der Waals surface area contributed by atoms with Crippen LogP contribution in [0.5, 0.6) is 5.88 Å². The van der Waals surface area contributed by atoms with Crippen LogP contribution in [0.25, 0.3) is 0 Å². The van der Waals surface area contributed by atoms with Gasteiger partial charge in [-0.25, -0.2) is 18.1 Å². The molecule has 0 spiro atoms. The molecule has 3 atom stereocenters. The van der Waals surface area contributed by atoms with Gasteiger partial charge in [0.1, 0.15) is 0 Å². The molecule has 1 aliphatic carbocycles. The summed E-state index contributed by atoms with van der Waals surface area (Å²) in [5.74, 6) is 1.31. The van der Waals surface area contributed by atoms with Gasteiger partial charge in [-0.2, -0.15) is 4.98 Å². The number of hydrogen-bond acceptors (Lipinski definition) is 8. The minimum Gasteiger partial charge on any atom is -0.481 e. The fourth-order valence-corrected chi connectivity index (χ4v) is 5.45. The van der Waals surface area contributed by atoms with Crippen molar-refractivity contribution >= 4 is 15.9 Å². The summed E-state index contributed by atoms with van der Waals surface area (Å²) < 4.78 is 37.5. The van der Waals surface area contributed by atoms with Gasteiger partial charge in [-0.05, 0) is 38.7 Å². The Balaban J connectivity index is 1.59. The first kappa shape index (κ1) is 20.7. The molecule has 2 aromatic heterocycles. The number of pyridine rings is 1. The summed E-state index contributed by atoms with van der Waals surface area (Å²) >= 11 is 0. The molecule has 2 fully saturated rings. The first-order valence-corrected chi connectivity index (χ1v) is 11.5. The second kappa shape index (κ2) is 7.62. The molecule has 1 amide bonds. The van der Waals surface area contributed by atoms with Crippen molar-refractivity contribution in [3.8, 4) is 5.88 Å². The number of sulfonamides is 1. The molecule has 0 bridgehead atoms. The number of likely N-dealkylation sites (tertiary alicyclic amines) is 1. The molecular weight excluding hydrogens is 410 g/mol. The van der Waals surface area contributed by atoms with E-state index in [1.165, 1.54) is 13.3 Å². The van der Waals surface area contributed by atoms with E-state index in [1.807, 2.05) is 0 Å². The smallest absolute Gasteiger partial charge is 0.255 e. The molecule has 10 nitrogen and oxygen atoms in total. The summed E-state index contributed by atoms with van der Waals surface area (Å²) in [4.78, 5) is 23.4. The van der Waals surface area contributed by atoms with Crippen LogP contribution in [-0.2, 0) is 15.4 Å². The van der Waals surface area contributed by atoms with E-state index in [9.17, 15) is 13.2 Å². The summed E-state index contributed by atoms with van der Waals surface area (Å²) in [7, 11) is -1.82. The third-order valence-electron chi connectivity index (χ3n) is 6.03. The number of aryl methyl sites for hydroxylation is 1. The lowest BCUT2D eigenvalue weighted by atomic mass is 9.80. The van der Waals surface area contributed by atoms with Crippen molar-refractivity contribution in [2.24, 2.45) is 5.92 Å². The first-order chi connectivity index (χ1) is 14.3. The molecule has 2 aliphatic rings. The van der Waals surface area contributed by atoms with Crippen molar-refractivity contribution in [2.45, 2.75) is 38.1 Å². The maximum Gasteiger partial charge on any atom is 0.255 e. The summed E-state index contributed by atoms with van der Waals surface area (Å²) in [6, 6.07) is 3.10. The van der Waals surface area contributed by atoms with Crippen LogP contribution in [-0.4, -0.2) is 66.3 Å². The van der Waals surface area contributed by atoms with Gasteiger partial charge in [-0.15, -0.1) is 0 Å². The van der Waals surface area contributed by atoms with Gasteiger partial charge in [0.2, 0.25) is 21.8 Å². The Morgan fingerprint density at radius 3 is 2.83 bits per heavy atom. The molecule has 4 rings (SSSR count). The van der Waals surface area contributed by atoms with E-state index in [4.69, 9.17) is 9.26 Å². The lowest BCUT2D eigenvalue weighted by Crippen LogP contribution is -2.40. The highest BCUT2D eigenvalue weighted by Gasteiger charge is 2.58. The van der Waals surface area contributed by atoms with Crippen molar-refractivity contribution in [3.63, 3.8) is 0 Å². The second-order valence-corrected chi connectivity index (χ2v) is 9.98. The van der Waals surface area contributed by atoms with Crippen molar-refractivity contribution in [1.82, 2.24) is 24.7 Å². The van der Waals surface area contributed by atoms with Gasteiger partial charge in [0.15, 0.2) is 5.82 Å². The zero-order chi connectivity index (χ0) is 21.5. The molecule has 0 unspecified atom stereocenters. The van der Waals surface area contributed by atoms with Crippen LogP contribution in [0.2, 0.25) is 0 Å². The van der Waals surface area contributed by atoms with E-state index < -0.39 is 15.4 Å². The zero-order valence-corrected chi connectivity index (χ0v) is 18.0. The van der Waals surface area contributed by atoms with Crippen LogP contribution in [0.4, 0.5) is 0 Å². The van der Waals surface area contributed by atoms with Gasteiger partial charge in [-0.3, -0.25) is 4.79 Å². The number of carbonyl (C=O) groups is 1. The molecule has 30 heavy (non-hydrogen) atoms. The zero-order valence-electron chi connectivity index (χ0n) is 17.2. The maximum absolute atomic E-state index is 13.1. The molecule has 1 saturated carbocycles. The number of rotatable bonds is 6. The minimum absolute atomic E-state index is 0.0112. The quantitative estimate of drug-likeness (QED) is 0.709. The minimum atomic E-state index is -3.33. The number of aromatic nitrogens is 3. The van der Waals surface area contributed by atoms with Gasteiger partial charge in [0.05, 0.1) is 23.8 Å². The highest BCUT2D eigenvalue weighted by Crippen LogP contribution is 2.50. The number of nitrogens with one attached hydrogen (secondary N) is 1. The Morgan fingerprint density at radius 2 is 2.23 bits per heavy atom. The predicted molar refractivity (Wildman–Crippen MR) is 107 cm³/mol. The van der Waals surface area contributed by atoms with Crippen molar-refractivity contribution in [2.75, 3.05) is 26.0 Å². The van der Waals surface area contributed by atoms with Crippen molar-refractivity contribution < 1.29 is 22.5 Å². The monoisotopic (exact) mass is 435 g/mol. The van der Waals surface area contributed by atoms with Crippen LogP contribution in [0.15, 0.2) is 22.9 Å². The van der Waals surface area contributed by atoms with Crippen molar-refractivity contribution in [1.29, 1.82) is 0 Å². The van der Waals surface area contributed by atoms with E-state index >= 15 is 0 Å². The highest BCUT2D eigenvalue weighted by molar-refractivity contribution is 7.89. The molecule has 0 radical (unpaired) electrons. The molecule has 0 aromatic carbocycles. The van der Waals surface area contributed by atoms with E-state index in [-0.39, 0.29) is 23.6 Å². The molecule has 1 aliphatic heterocycles. The third kappa shape index (κ3) is 3.67. The number of fused-ring (bicyclic) bond motifs is 1. The van der Waals surface area contributed by atoms with E-state index in [0.29, 0.717) is 49.1 Å². The molecule has 11 heteroatoms. The molecule has 2 aromatic rings. The molecular formula is C19H25N5O5S. The average molecular weight is 436 g/mol. The standard InChI is InChI=1S/C19H25N5O5S/c1-4-30(26,27)23-15-7-14-10-24(17(25)13-5-6-16(28-3)20-9-13)11-19(14,8-15)18-21-12(2)22-29-18/h5-6,9,14-15,23H,4,7-8,10-11H2,1-3H3/t14-,15+,19-/m0/s1. The average Bonchev–Trinajstić information content (AvgIpc) is 3.40. The summed E-state index contributed by atoms with van der Waals surface area (Å²) in [6.07, 6.45) is 2.60. The van der Waals surface area contributed by atoms with Gasteiger partial charge >= 0.3 is 0 Å². The summed E-state index contributed by atoms with van der Waals surface area (Å²) in [6.45, 7) is 4.22. The normalized spacial score (nSPS) is 26.0. The van der Waals surface area contributed by atoms with Gasteiger partial charge in [0, 0.05) is 31.4 Å². The molecule has 1 saturated heterocycles. The Kier molecular flexibility index (Phi) is 5.27. The second-order valence-electron chi connectivity index (χ2n) is 7.93. The van der Waals surface area contributed by atoms with Gasteiger partial charge in [0.25, 0.3) is 5.91 Å². The molecule has 162 valence electrons. The number of ether oxygens (including phenoxy) is 1. The van der Waals surface area contributed by atoms with E-state index in [1.54, 1.807) is 30.9 Å². The summed E-state index contributed by atoms with van der Waals surface area (Å²) in [5.41, 5.74) is -0.103. The van der Waals surface area contributed by atoms with Crippen molar-refractivity contribution in [3.05, 3.63) is 35.6 Å². The topological polar surface area (TPSA) is 128 Å². The van der Waals surface area contributed by atoms with E-state index in [2.05, 4.69) is 19.8 Å². The highest BCUT2D eigenvalue weighted by atomic mass is 32.2. The fourth-order valence-electron chi connectivity index (χ4n) is 4.59. The maximum atomic E-state index is 13.1. The molecule has 1 N–H and O–H groups in total. The Bertz CT molecular complexity index is 1040.